The van der Waals surface area contributed by atoms with E-state index in [1.165, 1.54) is 81.4 Å². The molecule has 1 spiro atoms. The first kappa shape index (κ1) is 33.4. The van der Waals surface area contributed by atoms with Crippen LogP contribution in [0.4, 0.5) is 0 Å². The zero-order valence-corrected chi connectivity index (χ0v) is 32.4. The van der Waals surface area contributed by atoms with Crippen LogP contribution in [0.25, 0.3) is 43.8 Å². The maximum Gasteiger partial charge on any atom is 0.131 e. The summed E-state index contributed by atoms with van der Waals surface area (Å²) < 4.78 is 0. The maximum absolute atomic E-state index is 5.21. The molecule has 0 radical (unpaired) electrons. The van der Waals surface area contributed by atoms with Gasteiger partial charge in [0.25, 0.3) is 0 Å². The largest absolute Gasteiger partial charge is 0.350 e. The van der Waals surface area contributed by atoms with Crippen molar-refractivity contribution in [1.29, 1.82) is 0 Å². The smallest absolute Gasteiger partial charge is 0.131 e. The highest BCUT2D eigenvalue weighted by atomic mass is 32.2. The van der Waals surface area contributed by atoms with Crippen LogP contribution >= 0.6 is 11.8 Å². The van der Waals surface area contributed by atoms with Crippen molar-refractivity contribution in [3.8, 4) is 22.3 Å². The SMILES string of the molecule is c1ccc(C2N=C(c3ccc(-c4ccc5c(c4)C4(c6ccccc6-5)c5ccc6ccccc6c5Sc5c4ccc4ccccc54)cc3)NC(c3ccccc3)N2)cc1. The summed E-state index contributed by atoms with van der Waals surface area (Å²) in [7, 11) is 0. The fourth-order valence-electron chi connectivity index (χ4n) is 9.73. The summed E-state index contributed by atoms with van der Waals surface area (Å²) in [6.07, 6.45) is -0.257. The molecule has 0 aromatic heterocycles. The van der Waals surface area contributed by atoms with Crippen LogP contribution in [0.2, 0.25) is 0 Å². The Bertz CT molecular complexity index is 3010. The van der Waals surface area contributed by atoms with Crippen molar-refractivity contribution in [3.63, 3.8) is 0 Å². The van der Waals surface area contributed by atoms with Crippen LogP contribution in [0.3, 0.4) is 0 Å². The third-order valence-corrected chi connectivity index (χ3v) is 13.7. The van der Waals surface area contributed by atoms with E-state index in [0.717, 1.165) is 17.0 Å². The number of benzene rings is 9. The Labute approximate surface area is 342 Å². The average Bonchev–Trinajstić information content (AvgIpc) is 3.59. The molecule has 1 aliphatic carbocycles. The fraction of sp³-hybridized carbons (Fsp3) is 0.0556. The summed E-state index contributed by atoms with van der Waals surface area (Å²) >= 11 is 1.94. The predicted octanol–water partition coefficient (Wildman–Crippen LogP) is 12.8. The van der Waals surface area contributed by atoms with Gasteiger partial charge in [-0.05, 0) is 83.2 Å². The van der Waals surface area contributed by atoms with Crippen LogP contribution in [0, 0.1) is 0 Å². The van der Waals surface area contributed by atoms with E-state index in [1.807, 2.05) is 11.8 Å². The summed E-state index contributed by atoms with van der Waals surface area (Å²) in [5.74, 6) is 0.878. The van der Waals surface area contributed by atoms with E-state index in [2.05, 4.69) is 211 Å². The van der Waals surface area contributed by atoms with Crippen molar-refractivity contribution in [2.45, 2.75) is 27.5 Å². The Morgan fingerprint density at radius 1 is 0.431 bits per heavy atom. The lowest BCUT2D eigenvalue weighted by Gasteiger charge is -2.40. The van der Waals surface area contributed by atoms with E-state index < -0.39 is 5.41 Å². The van der Waals surface area contributed by atoms with Gasteiger partial charge in [-0.1, -0.05) is 206 Å². The van der Waals surface area contributed by atoms with E-state index >= 15 is 0 Å². The standard InChI is InChI=1S/C54H37N3S/c1-3-15-37(16-4-1)51-55-52(38-17-5-2-6-18-38)57-53(56-51)39-25-23-34(24-26-39)40-27-30-44-43-21-11-12-22-45(43)54(48(44)33-40)46-31-28-35-13-7-9-19-41(35)49(46)58-50-42-20-10-8-14-36(42)29-32-47(50)54/h1-33,51-52,55H,(H,56,57). The van der Waals surface area contributed by atoms with E-state index in [0.29, 0.717) is 0 Å². The zero-order chi connectivity index (χ0) is 38.2. The Hall–Kier alpha value is -6.72. The van der Waals surface area contributed by atoms with Gasteiger partial charge in [0.15, 0.2) is 0 Å². The molecular weight excluding hydrogens is 723 g/mol. The number of rotatable bonds is 4. The van der Waals surface area contributed by atoms with Crippen molar-refractivity contribution in [1.82, 2.24) is 10.6 Å². The number of hydrogen-bond acceptors (Lipinski definition) is 4. The summed E-state index contributed by atoms with van der Waals surface area (Å²) in [6.45, 7) is 0. The highest BCUT2D eigenvalue weighted by Crippen LogP contribution is 2.64. The Kier molecular flexibility index (Phi) is 7.59. The number of nitrogens with one attached hydrogen (secondary N) is 2. The molecule has 274 valence electrons. The molecule has 2 atom stereocenters. The molecule has 2 aliphatic heterocycles. The first-order chi connectivity index (χ1) is 28.7. The summed E-state index contributed by atoms with van der Waals surface area (Å²) in [4.78, 5) is 7.90. The molecule has 9 aromatic rings. The Balaban J connectivity index is 1.02. The topological polar surface area (TPSA) is 36.4 Å². The number of amidine groups is 1. The fourth-order valence-corrected chi connectivity index (χ4v) is 11.2. The minimum atomic E-state index is -0.488. The van der Waals surface area contributed by atoms with Gasteiger partial charge in [-0.2, -0.15) is 0 Å². The third-order valence-electron chi connectivity index (χ3n) is 12.4. The van der Waals surface area contributed by atoms with E-state index in [1.54, 1.807) is 0 Å². The van der Waals surface area contributed by atoms with Crippen LogP contribution in [0.15, 0.2) is 215 Å². The zero-order valence-electron chi connectivity index (χ0n) is 31.6. The second-order valence-electron chi connectivity index (χ2n) is 15.5. The van der Waals surface area contributed by atoms with Crippen LogP contribution in [0.1, 0.15) is 51.3 Å². The highest BCUT2D eigenvalue weighted by molar-refractivity contribution is 8.00. The van der Waals surface area contributed by atoms with Gasteiger partial charge in [-0.15, -0.1) is 0 Å². The van der Waals surface area contributed by atoms with Gasteiger partial charge in [0.05, 0.1) is 5.41 Å². The maximum atomic E-state index is 5.21. The lowest BCUT2D eigenvalue weighted by Crippen LogP contribution is -2.44. The molecule has 12 rings (SSSR count). The molecule has 3 nitrogen and oxygen atoms in total. The second kappa shape index (κ2) is 13.2. The lowest BCUT2D eigenvalue weighted by molar-refractivity contribution is 0.409. The Morgan fingerprint density at radius 3 is 1.67 bits per heavy atom. The number of aliphatic imine (C=N–C) groups is 1. The molecule has 58 heavy (non-hydrogen) atoms. The molecule has 3 aliphatic rings. The van der Waals surface area contributed by atoms with Gasteiger partial charge in [-0.3, -0.25) is 5.32 Å². The third kappa shape index (κ3) is 5.02. The van der Waals surface area contributed by atoms with Crippen molar-refractivity contribution in [2.75, 3.05) is 0 Å². The van der Waals surface area contributed by atoms with Crippen LogP contribution in [-0.2, 0) is 5.41 Å². The molecule has 2 unspecified atom stereocenters. The molecule has 2 N–H and O–H groups in total. The number of hydrogen-bond donors (Lipinski definition) is 2. The lowest BCUT2D eigenvalue weighted by atomic mass is 9.66. The quantitative estimate of drug-likeness (QED) is 0.188. The van der Waals surface area contributed by atoms with Crippen molar-refractivity contribution in [3.05, 3.63) is 239 Å². The first-order valence-electron chi connectivity index (χ1n) is 20.0. The van der Waals surface area contributed by atoms with Crippen LogP contribution in [0.5, 0.6) is 0 Å². The molecule has 0 fully saturated rings. The van der Waals surface area contributed by atoms with Gasteiger partial charge in [0.2, 0.25) is 0 Å². The van der Waals surface area contributed by atoms with Crippen molar-refractivity contribution >= 4 is 39.1 Å². The average molecular weight is 760 g/mol. The van der Waals surface area contributed by atoms with Gasteiger partial charge in [0.1, 0.15) is 18.2 Å². The molecule has 9 aromatic carbocycles. The molecule has 4 heteroatoms. The number of nitrogens with zero attached hydrogens (tertiary/aromatic N) is 1. The van der Waals surface area contributed by atoms with Crippen molar-refractivity contribution < 1.29 is 0 Å². The van der Waals surface area contributed by atoms with Gasteiger partial charge >= 0.3 is 0 Å². The summed E-state index contributed by atoms with van der Waals surface area (Å²) in [6, 6.07) is 73.5. The predicted molar refractivity (Wildman–Crippen MR) is 239 cm³/mol. The van der Waals surface area contributed by atoms with Crippen molar-refractivity contribution in [2.24, 2.45) is 4.99 Å². The molecule has 0 amide bonds. The van der Waals surface area contributed by atoms with Gasteiger partial charge < -0.3 is 5.32 Å². The summed E-state index contributed by atoms with van der Waals surface area (Å²) in [5.41, 5.74) is 13.3. The van der Waals surface area contributed by atoms with Gasteiger partial charge in [0, 0.05) is 15.4 Å². The first-order valence-corrected chi connectivity index (χ1v) is 20.8. The molecular formula is C54H37N3S. The van der Waals surface area contributed by atoms with Crippen LogP contribution < -0.4 is 10.6 Å². The summed E-state index contributed by atoms with van der Waals surface area (Å²) in [5, 5.41) is 12.6. The Morgan fingerprint density at radius 2 is 0.983 bits per heavy atom. The van der Waals surface area contributed by atoms with E-state index in [-0.39, 0.29) is 12.3 Å². The second-order valence-corrected chi connectivity index (χ2v) is 16.5. The van der Waals surface area contributed by atoms with E-state index in [4.69, 9.17) is 4.99 Å². The monoisotopic (exact) mass is 759 g/mol. The molecule has 0 saturated carbocycles. The molecule has 2 heterocycles. The van der Waals surface area contributed by atoms with E-state index in [9.17, 15) is 0 Å². The van der Waals surface area contributed by atoms with Crippen LogP contribution in [-0.4, -0.2) is 5.84 Å². The minimum Gasteiger partial charge on any atom is -0.350 e. The minimum absolute atomic E-state index is 0.0817. The highest BCUT2D eigenvalue weighted by Gasteiger charge is 2.51. The number of fused-ring (bicyclic) bond motifs is 13. The van der Waals surface area contributed by atoms with Gasteiger partial charge in [-0.25, -0.2) is 4.99 Å². The molecule has 0 bridgehead atoms. The molecule has 0 saturated heterocycles. The normalized spacial score (nSPS) is 17.2.